The lowest BCUT2D eigenvalue weighted by Gasteiger charge is -2.26. The molecule has 0 aliphatic carbocycles. The fraction of sp³-hybridized carbons (Fsp3) is 0.462. The van der Waals surface area contributed by atoms with E-state index < -0.39 is 0 Å². The number of H-pyrrole nitrogens is 1. The zero-order valence-electron chi connectivity index (χ0n) is 9.53. The van der Waals surface area contributed by atoms with Crippen LogP contribution in [0.25, 0.3) is 11.0 Å². The topological polar surface area (TPSA) is 40.7 Å². The fourth-order valence-electron chi connectivity index (χ4n) is 2.55. The van der Waals surface area contributed by atoms with E-state index in [0.717, 1.165) is 23.4 Å². The maximum Gasteiger partial charge on any atom is 0.110 e. The van der Waals surface area contributed by atoms with Gasteiger partial charge in [-0.05, 0) is 38.4 Å². The number of rotatable bonds is 1. The van der Waals surface area contributed by atoms with E-state index in [1.807, 2.05) is 6.07 Å². The molecular formula is C13H17N3. The van der Waals surface area contributed by atoms with Crippen LogP contribution in [-0.4, -0.2) is 22.6 Å². The van der Waals surface area contributed by atoms with Crippen molar-refractivity contribution in [2.45, 2.75) is 31.7 Å². The molecule has 3 nitrogen and oxygen atoms in total. The molecule has 0 bridgehead atoms. The Bertz CT molecular complexity index is 456. The Hall–Kier alpha value is -1.35. The van der Waals surface area contributed by atoms with Crippen molar-refractivity contribution in [2.24, 2.45) is 0 Å². The maximum absolute atomic E-state index is 4.69. The third kappa shape index (κ3) is 1.71. The minimum atomic E-state index is 0.587. The van der Waals surface area contributed by atoms with E-state index in [2.05, 4.69) is 40.4 Å². The molecule has 16 heavy (non-hydrogen) atoms. The van der Waals surface area contributed by atoms with E-state index >= 15 is 0 Å². The van der Waals surface area contributed by atoms with Crippen molar-refractivity contribution in [3.63, 3.8) is 0 Å². The first-order chi connectivity index (χ1) is 7.83. The zero-order valence-corrected chi connectivity index (χ0v) is 9.53. The van der Waals surface area contributed by atoms with Gasteiger partial charge in [0.1, 0.15) is 5.82 Å². The highest BCUT2D eigenvalue weighted by Gasteiger charge is 2.22. The molecular weight excluding hydrogens is 198 g/mol. The van der Waals surface area contributed by atoms with Crippen molar-refractivity contribution in [2.75, 3.05) is 6.54 Å². The summed E-state index contributed by atoms with van der Waals surface area (Å²) in [6, 6.07) is 8.86. The van der Waals surface area contributed by atoms with Gasteiger partial charge in [-0.15, -0.1) is 0 Å². The normalized spacial score (nSPS) is 26.1. The summed E-state index contributed by atoms with van der Waals surface area (Å²) in [6.07, 6.45) is 2.37. The molecule has 0 unspecified atom stereocenters. The molecule has 1 aliphatic rings. The van der Waals surface area contributed by atoms with Crippen LogP contribution >= 0.6 is 0 Å². The molecule has 1 saturated heterocycles. The predicted molar refractivity (Wildman–Crippen MR) is 65.5 cm³/mol. The number of piperidine rings is 1. The van der Waals surface area contributed by atoms with Crippen molar-refractivity contribution >= 4 is 11.0 Å². The number of nitrogens with one attached hydrogen (secondary N) is 2. The summed E-state index contributed by atoms with van der Waals surface area (Å²) in [4.78, 5) is 8.13. The van der Waals surface area contributed by atoms with Gasteiger partial charge in [-0.2, -0.15) is 0 Å². The van der Waals surface area contributed by atoms with Crippen LogP contribution in [0.15, 0.2) is 24.3 Å². The van der Waals surface area contributed by atoms with E-state index in [0.29, 0.717) is 12.0 Å². The Kier molecular flexibility index (Phi) is 2.40. The zero-order chi connectivity index (χ0) is 11.0. The molecule has 2 N–H and O–H groups in total. The van der Waals surface area contributed by atoms with Crippen molar-refractivity contribution in [3.05, 3.63) is 30.1 Å². The van der Waals surface area contributed by atoms with Gasteiger partial charge in [-0.25, -0.2) is 4.98 Å². The fourth-order valence-corrected chi connectivity index (χ4v) is 2.55. The van der Waals surface area contributed by atoms with Gasteiger partial charge in [-0.3, -0.25) is 0 Å². The molecule has 3 rings (SSSR count). The van der Waals surface area contributed by atoms with Crippen LogP contribution in [-0.2, 0) is 0 Å². The Morgan fingerprint density at radius 2 is 2.19 bits per heavy atom. The molecule has 2 atom stereocenters. The summed E-state index contributed by atoms with van der Waals surface area (Å²) in [5, 5.41) is 3.47. The van der Waals surface area contributed by atoms with Crippen LogP contribution in [0.4, 0.5) is 0 Å². The lowest BCUT2D eigenvalue weighted by atomic mass is 9.93. The largest absolute Gasteiger partial charge is 0.342 e. The smallest absolute Gasteiger partial charge is 0.110 e. The molecule has 0 saturated carbocycles. The van der Waals surface area contributed by atoms with Gasteiger partial charge in [0.2, 0.25) is 0 Å². The van der Waals surface area contributed by atoms with Gasteiger partial charge >= 0.3 is 0 Å². The summed E-state index contributed by atoms with van der Waals surface area (Å²) in [7, 11) is 0. The van der Waals surface area contributed by atoms with Crippen LogP contribution in [0, 0.1) is 0 Å². The number of fused-ring (bicyclic) bond motifs is 1. The first kappa shape index (κ1) is 9.85. The number of benzene rings is 1. The van der Waals surface area contributed by atoms with E-state index in [4.69, 9.17) is 0 Å². The van der Waals surface area contributed by atoms with Crippen LogP contribution in [0.3, 0.4) is 0 Å². The minimum Gasteiger partial charge on any atom is -0.342 e. The average Bonchev–Trinajstić information content (AvgIpc) is 2.72. The van der Waals surface area contributed by atoms with Gasteiger partial charge in [0.25, 0.3) is 0 Å². The lowest BCUT2D eigenvalue weighted by molar-refractivity contribution is 0.373. The summed E-state index contributed by atoms with van der Waals surface area (Å²) < 4.78 is 0. The molecule has 1 aromatic carbocycles. The highest BCUT2D eigenvalue weighted by atomic mass is 15.0. The maximum atomic E-state index is 4.69. The molecule has 3 heteroatoms. The second kappa shape index (κ2) is 3.91. The number of hydrogen-bond donors (Lipinski definition) is 2. The van der Waals surface area contributed by atoms with E-state index in [1.165, 1.54) is 12.8 Å². The van der Waals surface area contributed by atoms with Gasteiger partial charge in [0.15, 0.2) is 0 Å². The van der Waals surface area contributed by atoms with Crippen molar-refractivity contribution < 1.29 is 0 Å². The Balaban J connectivity index is 1.93. The second-order valence-electron chi connectivity index (χ2n) is 4.72. The van der Waals surface area contributed by atoms with Crippen molar-refractivity contribution in [1.82, 2.24) is 15.3 Å². The van der Waals surface area contributed by atoms with Gasteiger partial charge in [0.05, 0.1) is 11.0 Å². The molecule has 84 valence electrons. The van der Waals surface area contributed by atoms with E-state index in [1.54, 1.807) is 0 Å². The number of para-hydroxylation sites is 2. The van der Waals surface area contributed by atoms with Crippen molar-refractivity contribution in [1.29, 1.82) is 0 Å². The molecule has 1 fully saturated rings. The number of imidazole rings is 1. The van der Waals surface area contributed by atoms with Crippen LogP contribution in [0.1, 0.15) is 31.5 Å². The van der Waals surface area contributed by atoms with Crippen LogP contribution in [0.5, 0.6) is 0 Å². The highest BCUT2D eigenvalue weighted by molar-refractivity contribution is 5.74. The highest BCUT2D eigenvalue weighted by Crippen LogP contribution is 2.27. The monoisotopic (exact) mass is 215 g/mol. The molecule has 0 radical (unpaired) electrons. The standard InChI is InChI=1S/C13H17N3/c1-9-8-10(6-7-14-9)13-15-11-4-2-3-5-12(11)16-13/h2-5,9-10,14H,6-8H2,1H3,(H,15,16)/t9-,10+/m0/s1. The first-order valence-electron chi connectivity index (χ1n) is 6.01. The van der Waals surface area contributed by atoms with Crippen LogP contribution in [0.2, 0.25) is 0 Å². The SMILES string of the molecule is C[C@H]1C[C@H](c2nc3ccccc3[nH]2)CCN1. The van der Waals surface area contributed by atoms with Gasteiger partial charge < -0.3 is 10.3 Å². The molecule has 0 spiro atoms. The average molecular weight is 215 g/mol. The third-order valence-corrected chi connectivity index (χ3v) is 3.42. The quantitative estimate of drug-likeness (QED) is 0.767. The van der Waals surface area contributed by atoms with Gasteiger partial charge in [0, 0.05) is 12.0 Å². The molecule has 0 amide bonds. The molecule has 1 aliphatic heterocycles. The first-order valence-corrected chi connectivity index (χ1v) is 6.01. The summed E-state index contributed by atoms with van der Waals surface area (Å²) >= 11 is 0. The molecule has 1 aromatic heterocycles. The molecule has 2 heterocycles. The summed E-state index contributed by atoms with van der Waals surface area (Å²) in [5.74, 6) is 1.75. The Labute approximate surface area is 95.3 Å². The van der Waals surface area contributed by atoms with Crippen molar-refractivity contribution in [3.8, 4) is 0 Å². The number of hydrogen-bond acceptors (Lipinski definition) is 2. The van der Waals surface area contributed by atoms with Gasteiger partial charge in [-0.1, -0.05) is 12.1 Å². The van der Waals surface area contributed by atoms with E-state index in [9.17, 15) is 0 Å². The number of nitrogens with zero attached hydrogens (tertiary/aromatic N) is 1. The van der Waals surface area contributed by atoms with Crippen LogP contribution < -0.4 is 5.32 Å². The summed E-state index contributed by atoms with van der Waals surface area (Å²) in [6.45, 7) is 3.34. The second-order valence-corrected chi connectivity index (χ2v) is 4.72. The Morgan fingerprint density at radius 1 is 1.31 bits per heavy atom. The number of aromatic amines is 1. The minimum absolute atomic E-state index is 0.587. The molecule has 2 aromatic rings. The number of aromatic nitrogens is 2. The lowest BCUT2D eigenvalue weighted by Crippen LogP contribution is -2.35. The van der Waals surface area contributed by atoms with E-state index in [-0.39, 0.29) is 0 Å². The predicted octanol–water partition coefficient (Wildman–Crippen LogP) is 2.42. The Morgan fingerprint density at radius 3 is 3.00 bits per heavy atom. The third-order valence-electron chi connectivity index (χ3n) is 3.42. The summed E-state index contributed by atoms with van der Waals surface area (Å²) in [5.41, 5.74) is 2.24.